The van der Waals surface area contributed by atoms with Gasteiger partial charge in [0.15, 0.2) is 0 Å². The molecule has 1 rings (SSSR count). The maximum absolute atomic E-state index is 11.5. The Bertz CT molecular complexity index is 354. The van der Waals surface area contributed by atoms with Crippen molar-refractivity contribution in [2.75, 3.05) is 6.61 Å². The second kappa shape index (κ2) is 5.56. The number of benzene rings is 1. The van der Waals surface area contributed by atoms with Crippen LogP contribution in [0.15, 0.2) is 35.3 Å². The third-order valence-corrected chi connectivity index (χ3v) is 2.41. The standard InChI is InChI=1S/C11H11BrO3/c1-2-3-7-15-11(14)10-8(12)5-4-6-9(10)13/h2,4-6,13H,1,3,7H2. The van der Waals surface area contributed by atoms with Gasteiger partial charge in [0, 0.05) is 4.47 Å². The summed E-state index contributed by atoms with van der Waals surface area (Å²) in [5.41, 5.74) is 0.154. The highest BCUT2D eigenvalue weighted by atomic mass is 79.9. The Labute approximate surface area is 96.5 Å². The second-order valence-corrected chi connectivity index (χ2v) is 3.70. The van der Waals surface area contributed by atoms with Crippen LogP contribution in [0.4, 0.5) is 0 Å². The Balaban J connectivity index is 2.77. The summed E-state index contributed by atoms with van der Waals surface area (Å²) in [4.78, 5) is 11.5. The van der Waals surface area contributed by atoms with Crippen LogP contribution >= 0.6 is 15.9 Å². The van der Waals surface area contributed by atoms with E-state index in [-0.39, 0.29) is 17.9 Å². The highest BCUT2D eigenvalue weighted by molar-refractivity contribution is 9.10. The van der Waals surface area contributed by atoms with E-state index in [2.05, 4.69) is 22.5 Å². The van der Waals surface area contributed by atoms with Crippen LogP contribution in [-0.4, -0.2) is 17.7 Å². The molecule has 0 aliphatic heterocycles. The number of halogens is 1. The fourth-order valence-corrected chi connectivity index (χ4v) is 1.54. The van der Waals surface area contributed by atoms with Gasteiger partial charge in [-0.3, -0.25) is 0 Å². The summed E-state index contributed by atoms with van der Waals surface area (Å²) in [6.07, 6.45) is 2.25. The van der Waals surface area contributed by atoms with Gasteiger partial charge in [-0.2, -0.15) is 0 Å². The normalized spacial score (nSPS) is 9.67. The molecule has 0 amide bonds. The lowest BCUT2D eigenvalue weighted by molar-refractivity contribution is 0.0507. The quantitative estimate of drug-likeness (QED) is 0.520. The minimum Gasteiger partial charge on any atom is -0.507 e. The van der Waals surface area contributed by atoms with Gasteiger partial charge in [0.05, 0.1) is 6.61 Å². The van der Waals surface area contributed by atoms with E-state index in [0.717, 1.165) is 0 Å². The zero-order chi connectivity index (χ0) is 11.3. The van der Waals surface area contributed by atoms with Crippen molar-refractivity contribution in [1.29, 1.82) is 0 Å². The molecule has 0 aliphatic rings. The predicted molar refractivity (Wildman–Crippen MR) is 60.9 cm³/mol. The van der Waals surface area contributed by atoms with Crippen molar-refractivity contribution in [3.8, 4) is 5.75 Å². The highest BCUT2D eigenvalue weighted by Crippen LogP contribution is 2.26. The summed E-state index contributed by atoms with van der Waals surface area (Å²) in [7, 11) is 0. The molecule has 0 atom stereocenters. The van der Waals surface area contributed by atoms with E-state index >= 15 is 0 Å². The maximum atomic E-state index is 11.5. The molecule has 0 saturated heterocycles. The molecule has 1 aromatic carbocycles. The van der Waals surface area contributed by atoms with Gasteiger partial charge in [-0.05, 0) is 34.5 Å². The molecule has 0 aromatic heterocycles. The molecule has 0 fully saturated rings. The number of phenolic OH excluding ortho intramolecular Hbond substituents is 1. The van der Waals surface area contributed by atoms with Crippen LogP contribution in [0.1, 0.15) is 16.8 Å². The lowest BCUT2D eigenvalue weighted by Gasteiger charge is -2.06. The minimum absolute atomic E-state index is 0.0898. The first-order chi connectivity index (χ1) is 7.16. The number of rotatable bonds is 4. The molecular formula is C11H11BrO3. The predicted octanol–water partition coefficient (Wildman–Crippen LogP) is 2.89. The fourth-order valence-electron chi connectivity index (χ4n) is 1.02. The van der Waals surface area contributed by atoms with Gasteiger partial charge in [0.1, 0.15) is 11.3 Å². The van der Waals surface area contributed by atoms with E-state index < -0.39 is 5.97 Å². The van der Waals surface area contributed by atoms with Crippen molar-refractivity contribution in [1.82, 2.24) is 0 Å². The van der Waals surface area contributed by atoms with Crippen LogP contribution in [-0.2, 0) is 4.74 Å². The van der Waals surface area contributed by atoms with E-state index in [1.807, 2.05) is 0 Å². The Hall–Kier alpha value is -1.29. The van der Waals surface area contributed by atoms with Gasteiger partial charge in [-0.25, -0.2) is 4.79 Å². The van der Waals surface area contributed by atoms with Gasteiger partial charge in [0.2, 0.25) is 0 Å². The van der Waals surface area contributed by atoms with Crippen molar-refractivity contribution in [3.63, 3.8) is 0 Å². The third kappa shape index (κ3) is 3.09. The average Bonchev–Trinajstić information content (AvgIpc) is 2.18. The smallest absolute Gasteiger partial charge is 0.343 e. The lowest BCUT2D eigenvalue weighted by atomic mass is 10.2. The van der Waals surface area contributed by atoms with Crippen molar-refractivity contribution in [2.24, 2.45) is 0 Å². The zero-order valence-corrected chi connectivity index (χ0v) is 9.66. The number of hydrogen-bond donors (Lipinski definition) is 1. The van der Waals surface area contributed by atoms with Crippen LogP contribution in [0.5, 0.6) is 5.75 Å². The van der Waals surface area contributed by atoms with Crippen molar-refractivity contribution < 1.29 is 14.6 Å². The number of ether oxygens (including phenoxy) is 1. The molecule has 0 spiro atoms. The molecule has 0 heterocycles. The molecule has 4 heteroatoms. The summed E-state index contributed by atoms with van der Waals surface area (Å²) in [5.74, 6) is -0.630. The second-order valence-electron chi connectivity index (χ2n) is 2.85. The van der Waals surface area contributed by atoms with Crippen LogP contribution < -0.4 is 0 Å². The number of aromatic hydroxyl groups is 1. The van der Waals surface area contributed by atoms with Gasteiger partial charge in [-0.1, -0.05) is 12.1 Å². The van der Waals surface area contributed by atoms with Gasteiger partial charge >= 0.3 is 5.97 Å². The largest absolute Gasteiger partial charge is 0.507 e. The van der Waals surface area contributed by atoms with Crippen LogP contribution in [0.3, 0.4) is 0 Å². The van der Waals surface area contributed by atoms with Crippen molar-refractivity contribution in [2.45, 2.75) is 6.42 Å². The van der Waals surface area contributed by atoms with Crippen molar-refractivity contribution in [3.05, 3.63) is 40.9 Å². The first kappa shape index (κ1) is 11.8. The molecule has 0 bridgehead atoms. The summed E-state index contributed by atoms with van der Waals surface area (Å²) in [5, 5.41) is 9.47. The molecule has 0 saturated carbocycles. The summed E-state index contributed by atoms with van der Waals surface area (Å²) in [6.45, 7) is 3.78. The third-order valence-electron chi connectivity index (χ3n) is 1.75. The molecule has 0 unspecified atom stereocenters. The zero-order valence-electron chi connectivity index (χ0n) is 8.07. The monoisotopic (exact) mass is 270 g/mol. The van der Waals surface area contributed by atoms with Crippen molar-refractivity contribution >= 4 is 21.9 Å². The maximum Gasteiger partial charge on any atom is 0.343 e. The Morgan fingerprint density at radius 3 is 2.93 bits per heavy atom. The molecular weight excluding hydrogens is 260 g/mol. The van der Waals surface area contributed by atoms with E-state index in [0.29, 0.717) is 10.9 Å². The number of phenols is 1. The highest BCUT2D eigenvalue weighted by Gasteiger charge is 2.15. The van der Waals surface area contributed by atoms with E-state index in [1.54, 1.807) is 18.2 Å². The minimum atomic E-state index is -0.540. The number of carbonyl (C=O) groups is 1. The Morgan fingerprint density at radius 2 is 2.33 bits per heavy atom. The fraction of sp³-hybridized carbons (Fsp3) is 0.182. The van der Waals surface area contributed by atoms with E-state index in [1.165, 1.54) is 6.07 Å². The topological polar surface area (TPSA) is 46.5 Å². The number of carbonyl (C=O) groups excluding carboxylic acids is 1. The number of esters is 1. The Kier molecular flexibility index (Phi) is 4.37. The average molecular weight is 271 g/mol. The molecule has 15 heavy (non-hydrogen) atoms. The van der Waals surface area contributed by atoms with Crippen LogP contribution in [0, 0.1) is 0 Å². The Morgan fingerprint density at radius 1 is 1.60 bits per heavy atom. The molecule has 80 valence electrons. The van der Waals surface area contributed by atoms with Gasteiger partial charge in [0.25, 0.3) is 0 Å². The molecule has 0 radical (unpaired) electrons. The molecule has 1 aromatic rings. The first-order valence-corrected chi connectivity index (χ1v) is 5.21. The van der Waals surface area contributed by atoms with Gasteiger partial charge in [-0.15, -0.1) is 6.58 Å². The van der Waals surface area contributed by atoms with Crippen LogP contribution in [0.2, 0.25) is 0 Å². The lowest BCUT2D eigenvalue weighted by Crippen LogP contribution is -2.07. The first-order valence-electron chi connectivity index (χ1n) is 4.42. The molecule has 3 nitrogen and oxygen atoms in total. The molecule has 1 N–H and O–H groups in total. The SMILES string of the molecule is C=CCCOC(=O)c1c(O)cccc1Br. The van der Waals surface area contributed by atoms with Crippen LogP contribution in [0.25, 0.3) is 0 Å². The number of hydrogen-bond acceptors (Lipinski definition) is 3. The van der Waals surface area contributed by atoms with E-state index in [4.69, 9.17) is 4.74 Å². The molecule has 0 aliphatic carbocycles. The summed E-state index contributed by atoms with van der Waals surface area (Å²) < 4.78 is 5.45. The summed E-state index contributed by atoms with van der Waals surface area (Å²) in [6, 6.07) is 4.75. The van der Waals surface area contributed by atoms with Gasteiger partial charge < -0.3 is 9.84 Å². The van der Waals surface area contributed by atoms with E-state index in [9.17, 15) is 9.90 Å². The summed E-state index contributed by atoms with van der Waals surface area (Å²) >= 11 is 3.18.